The van der Waals surface area contributed by atoms with E-state index in [0.717, 1.165) is 4.31 Å². The third-order valence-corrected chi connectivity index (χ3v) is 7.89. The number of rotatable bonds is 3. The molecule has 0 aromatic heterocycles. The van der Waals surface area contributed by atoms with Crippen LogP contribution in [0, 0.1) is 11.6 Å². The number of piperazine rings is 1. The van der Waals surface area contributed by atoms with E-state index >= 15 is 0 Å². The minimum atomic E-state index is -4.00. The van der Waals surface area contributed by atoms with Crippen molar-refractivity contribution in [1.82, 2.24) is 4.90 Å². The SMILES string of the molecule is O=C(CN1c2ccc(F)cc2-c2ccccc2S1(=O)=O)N1CCN(c2ccccc2F)CC1. The van der Waals surface area contributed by atoms with Crippen LogP contribution in [0.3, 0.4) is 0 Å². The highest BCUT2D eigenvalue weighted by molar-refractivity contribution is 7.93. The summed E-state index contributed by atoms with van der Waals surface area (Å²) in [4.78, 5) is 16.6. The molecule has 33 heavy (non-hydrogen) atoms. The molecule has 9 heteroatoms. The van der Waals surface area contributed by atoms with E-state index in [2.05, 4.69) is 0 Å². The summed E-state index contributed by atoms with van der Waals surface area (Å²) in [5.41, 5.74) is 1.59. The first-order valence-electron chi connectivity index (χ1n) is 10.6. The van der Waals surface area contributed by atoms with Crippen molar-refractivity contribution in [3.05, 3.63) is 78.4 Å². The van der Waals surface area contributed by atoms with E-state index < -0.39 is 22.4 Å². The Hall–Kier alpha value is -3.46. The molecule has 0 N–H and O–H groups in total. The normalized spacial score (nSPS) is 16.8. The average molecular weight is 470 g/mol. The van der Waals surface area contributed by atoms with Gasteiger partial charge in [-0.25, -0.2) is 17.2 Å². The van der Waals surface area contributed by atoms with Gasteiger partial charge in [0.25, 0.3) is 10.0 Å². The summed E-state index contributed by atoms with van der Waals surface area (Å²) in [5.74, 6) is -1.17. The smallest absolute Gasteiger partial charge is 0.265 e. The minimum absolute atomic E-state index is 0.0419. The lowest BCUT2D eigenvalue weighted by molar-refractivity contribution is -0.129. The van der Waals surface area contributed by atoms with Crippen LogP contribution in [0.5, 0.6) is 0 Å². The number of hydrogen-bond donors (Lipinski definition) is 0. The van der Waals surface area contributed by atoms with Crippen LogP contribution in [-0.4, -0.2) is 51.9 Å². The van der Waals surface area contributed by atoms with Gasteiger partial charge in [0.2, 0.25) is 5.91 Å². The second-order valence-electron chi connectivity index (χ2n) is 7.99. The zero-order chi connectivity index (χ0) is 23.2. The quantitative estimate of drug-likeness (QED) is 0.589. The summed E-state index contributed by atoms with van der Waals surface area (Å²) in [6.45, 7) is 1.16. The maximum atomic E-state index is 14.1. The van der Waals surface area contributed by atoms with Gasteiger partial charge in [-0.15, -0.1) is 0 Å². The first-order valence-corrected chi connectivity index (χ1v) is 12.0. The molecule has 5 rings (SSSR count). The Balaban J connectivity index is 1.38. The van der Waals surface area contributed by atoms with Crippen LogP contribution in [0.25, 0.3) is 11.1 Å². The van der Waals surface area contributed by atoms with Gasteiger partial charge in [-0.05, 0) is 36.4 Å². The number of amides is 1. The van der Waals surface area contributed by atoms with Gasteiger partial charge in [0.15, 0.2) is 0 Å². The molecule has 2 heterocycles. The molecule has 0 radical (unpaired) electrons. The van der Waals surface area contributed by atoms with Crippen LogP contribution in [0.2, 0.25) is 0 Å². The summed E-state index contributed by atoms with van der Waals surface area (Å²) in [6.07, 6.45) is 0. The number of anilines is 2. The molecule has 1 fully saturated rings. The number of sulfonamides is 1. The molecule has 1 amide bonds. The maximum absolute atomic E-state index is 14.1. The third-order valence-electron chi connectivity index (χ3n) is 6.08. The van der Waals surface area contributed by atoms with Crippen molar-refractivity contribution in [3.8, 4) is 11.1 Å². The Labute approximate surface area is 190 Å². The summed E-state index contributed by atoms with van der Waals surface area (Å²) in [5, 5.41) is 0. The van der Waals surface area contributed by atoms with Crippen LogP contribution < -0.4 is 9.21 Å². The maximum Gasteiger partial charge on any atom is 0.265 e. The zero-order valence-corrected chi connectivity index (χ0v) is 18.4. The van der Waals surface area contributed by atoms with E-state index in [1.165, 1.54) is 30.3 Å². The summed E-state index contributed by atoms with van der Waals surface area (Å²) < 4.78 is 55.8. The number of benzene rings is 3. The predicted molar refractivity (Wildman–Crippen MR) is 122 cm³/mol. The standard InChI is InChI=1S/C24H21F2N3O3S/c25-17-9-10-21-19(15-17)18-5-1-4-8-23(18)33(31,32)29(21)16-24(30)28-13-11-27(12-14-28)22-7-3-2-6-20(22)26/h1-10,15H,11-14,16H2. The highest BCUT2D eigenvalue weighted by Crippen LogP contribution is 2.43. The molecule has 170 valence electrons. The molecule has 3 aromatic rings. The van der Waals surface area contributed by atoms with E-state index in [-0.39, 0.29) is 22.3 Å². The molecule has 2 aliphatic rings. The third kappa shape index (κ3) is 3.72. The fraction of sp³-hybridized carbons (Fsp3) is 0.208. The van der Waals surface area contributed by atoms with Crippen molar-refractivity contribution in [2.24, 2.45) is 0 Å². The van der Waals surface area contributed by atoms with Gasteiger partial charge in [0, 0.05) is 37.3 Å². The first kappa shape index (κ1) is 21.4. The number of fused-ring (bicyclic) bond motifs is 3. The average Bonchev–Trinajstić information content (AvgIpc) is 2.82. The van der Waals surface area contributed by atoms with Crippen molar-refractivity contribution >= 4 is 27.3 Å². The van der Waals surface area contributed by atoms with Crippen molar-refractivity contribution in [2.45, 2.75) is 4.90 Å². The Morgan fingerprint density at radius 3 is 2.27 bits per heavy atom. The molecule has 0 aliphatic carbocycles. The molecule has 0 spiro atoms. The number of hydrogen-bond acceptors (Lipinski definition) is 4. The van der Waals surface area contributed by atoms with Crippen LogP contribution in [0.15, 0.2) is 71.6 Å². The van der Waals surface area contributed by atoms with Crippen LogP contribution >= 0.6 is 0 Å². The Morgan fingerprint density at radius 1 is 0.818 bits per heavy atom. The number of halogens is 2. The van der Waals surface area contributed by atoms with Gasteiger partial charge in [0.1, 0.15) is 18.2 Å². The molecule has 0 bridgehead atoms. The molecule has 0 saturated carbocycles. The Kier molecular flexibility index (Phi) is 5.28. The molecule has 1 saturated heterocycles. The largest absolute Gasteiger partial charge is 0.366 e. The van der Waals surface area contributed by atoms with Crippen LogP contribution in [0.4, 0.5) is 20.2 Å². The molecule has 6 nitrogen and oxygen atoms in total. The highest BCUT2D eigenvalue weighted by Gasteiger charge is 2.37. The number of nitrogens with zero attached hydrogens (tertiary/aromatic N) is 3. The van der Waals surface area contributed by atoms with Crippen molar-refractivity contribution in [1.29, 1.82) is 0 Å². The Bertz CT molecular complexity index is 1340. The molecule has 3 aromatic carbocycles. The van der Waals surface area contributed by atoms with Crippen molar-refractivity contribution in [2.75, 3.05) is 41.9 Å². The fourth-order valence-electron chi connectivity index (χ4n) is 4.40. The van der Waals surface area contributed by atoms with E-state index in [9.17, 15) is 22.0 Å². The number of carbonyl (C=O) groups is 1. The van der Waals surface area contributed by atoms with Crippen LogP contribution in [-0.2, 0) is 14.8 Å². The monoisotopic (exact) mass is 469 g/mol. The summed E-state index contributed by atoms with van der Waals surface area (Å²) in [6, 6.07) is 16.7. The number of para-hydroxylation sites is 1. The molecular formula is C24H21F2N3O3S. The predicted octanol–water partition coefficient (Wildman–Crippen LogP) is 3.49. The van der Waals surface area contributed by atoms with Crippen molar-refractivity contribution in [3.63, 3.8) is 0 Å². The van der Waals surface area contributed by atoms with Crippen molar-refractivity contribution < 1.29 is 22.0 Å². The molecular weight excluding hydrogens is 448 g/mol. The van der Waals surface area contributed by atoms with E-state index in [4.69, 9.17) is 0 Å². The van der Waals surface area contributed by atoms with Gasteiger partial charge in [-0.3, -0.25) is 9.10 Å². The van der Waals surface area contributed by atoms with E-state index in [1.807, 2.05) is 4.90 Å². The molecule has 0 unspecified atom stereocenters. The second kappa shape index (κ2) is 8.15. The van der Waals surface area contributed by atoms with E-state index in [0.29, 0.717) is 43.0 Å². The lowest BCUT2D eigenvalue weighted by Crippen LogP contribution is -2.52. The lowest BCUT2D eigenvalue weighted by Gasteiger charge is -2.38. The number of carbonyl (C=O) groups excluding carboxylic acids is 1. The summed E-state index contributed by atoms with van der Waals surface area (Å²) >= 11 is 0. The second-order valence-corrected chi connectivity index (χ2v) is 9.82. The van der Waals surface area contributed by atoms with Gasteiger partial charge in [-0.2, -0.15) is 0 Å². The zero-order valence-electron chi connectivity index (χ0n) is 17.6. The highest BCUT2D eigenvalue weighted by atomic mass is 32.2. The van der Waals surface area contributed by atoms with Gasteiger partial charge < -0.3 is 9.80 Å². The fourth-order valence-corrected chi connectivity index (χ4v) is 6.04. The first-order chi connectivity index (χ1) is 15.9. The molecule has 0 atom stereocenters. The molecule has 2 aliphatic heterocycles. The van der Waals surface area contributed by atoms with Gasteiger partial charge in [0.05, 0.1) is 16.3 Å². The Morgan fingerprint density at radius 2 is 1.52 bits per heavy atom. The van der Waals surface area contributed by atoms with Gasteiger partial charge >= 0.3 is 0 Å². The van der Waals surface area contributed by atoms with E-state index in [1.54, 1.807) is 41.3 Å². The topological polar surface area (TPSA) is 60.9 Å². The minimum Gasteiger partial charge on any atom is -0.366 e. The van der Waals surface area contributed by atoms with Crippen LogP contribution in [0.1, 0.15) is 0 Å². The van der Waals surface area contributed by atoms with Gasteiger partial charge in [-0.1, -0.05) is 30.3 Å². The lowest BCUT2D eigenvalue weighted by atomic mass is 10.0. The summed E-state index contributed by atoms with van der Waals surface area (Å²) in [7, 11) is -4.00.